The lowest BCUT2D eigenvalue weighted by atomic mass is 10.2. The number of nitrogens with zero attached hydrogens (tertiary/aromatic N) is 1. The molecule has 0 aliphatic carbocycles. The maximum atomic E-state index is 11.0. The fourth-order valence-electron chi connectivity index (χ4n) is 1.42. The number of hydrogen-bond donors (Lipinski definition) is 1. The SMILES string of the molecule is Cc1ccc(Cl)cc1Oc1ncccc1C(=O)O. The minimum Gasteiger partial charge on any atom is -0.477 e. The Morgan fingerprint density at radius 1 is 1.39 bits per heavy atom. The predicted octanol–water partition coefficient (Wildman–Crippen LogP) is 3.53. The fraction of sp³-hybridized carbons (Fsp3) is 0.0769. The zero-order valence-electron chi connectivity index (χ0n) is 9.55. The van der Waals surface area contributed by atoms with E-state index in [0.29, 0.717) is 10.8 Å². The van der Waals surface area contributed by atoms with Crippen LogP contribution in [0.4, 0.5) is 0 Å². The number of halogens is 1. The topological polar surface area (TPSA) is 59.4 Å². The zero-order chi connectivity index (χ0) is 13.1. The first-order valence-corrected chi connectivity index (χ1v) is 5.58. The molecular weight excluding hydrogens is 254 g/mol. The number of aromatic nitrogens is 1. The standard InChI is InChI=1S/C13H10ClNO3/c1-8-4-5-9(14)7-11(8)18-12-10(13(16)17)3-2-6-15-12/h2-7H,1H3,(H,16,17). The van der Waals surface area contributed by atoms with E-state index in [1.165, 1.54) is 12.3 Å². The molecule has 0 saturated heterocycles. The van der Waals surface area contributed by atoms with Crippen molar-refractivity contribution in [2.24, 2.45) is 0 Å². The Hall–Kier alpha value is -2.07. The van der Waals surface area contributed by atoms with E-state index in [-0.39, 0.29) is 11.4 Å². The summed E-state index contributed by atoms with van der Waals surface area (Å²) in [5.41, 5.74) is 0.860. The van der Waals surface area contributed by atoms with Crippen molar-refractivity contribution in [1.82, 2.24) is 4.98 Å². The number of benzene rings is 1. The first-order valence-electron chi connectivity index (χ1n) is 5.20. The van der Waals surface area contributed by atoms with Crippen LogP contribution in [0.1, 0.15) is 15.9 Å². The third-order valence-corrected chi connectivity index (χ3v) is 2.59. The molecule has 2 rings (SSSR count). The van der Waals surface area contributed by atoms with Gasteiger partial charge in [0.2, 0.25) is 5.88 Å². The van der Waals surface area contributed by atoms with Crippen molar-refractivity contribution in [2.75, 3.05) is 0 Å². The molecule has 1 N–H and O–H groups in total. The molecule has 1 aromatic carbocycles. The molecule has 0 spiro atoms. The lowest BCUT2D eigenvalue weighted by Gasteiger charge is -2.09. The Bertz CT molecular complexity index is 599. The van der Waals surface area contributed by atoms with Gasteiger partial charge >= 0.3 is 5.97 Å². The summed E-state index contributed by atoms with van der Waals surface area (Å²) in [7, 11) is 0. The Morgan fingerprint density at radius 2 is 2.17 bits per heavy atom. The van der Waals surface area contributed by atoms with Crippen molar-refractivity contribution in [3.63, 3.8) is 0 Å². The van der Waals surface area contributed by atoms with Crippen LogP contribution in [-0.4, -0.2) is 16.1 Å². The normalized spacial score (nSPS) is 10.1. The molecule has 0 radical (unpaired) electrons. The first-order chi connectivity index (χ1) is 8.58. The quantitative estimate of drug-likeness (QED) is 0.920. The van der Waals surface area contributed by atoms with Gasteiger partial charge in [0.05, 0.1) is 0 Å². The molecule has 18 heavy (non-hydrogen) atoms. The molecule has 0 saturated carbocycles. The highest BCUT2D eigenvalue weighted by atomic mass is 35.5. The Labute approximate surface area is 109 Å². The monoisotopic (exact) mass is 263 g/mol. The smallest absolute Gasteiger partial charge is 0.341 e. The van der Waals surface area contributed by atoms with Crippen LogP contribution in [0.3, 0.4) is 0 Å². The number of aryl methyl sites for hydroxylation is 1. The molecule has 4 nitrogen and oxygen atoms in total. The number of carbonyl (C=O) groups is 1. The molecule has 0 bridgehead atoms. The Morgan fingerprint density at radius 3 is 2.89 bits per heavy atom. The molecule has 0 amide bonds. The molecule has 0 unspecified atom stereocenters. The van der Waals surface area contributed by atoms with Gasteiger partial charge < -0.3 is 9.84 Å². The van der Waals surface area contributed by atoms with Crippen LogP contribution in [0.25, 0.3) is 0 Å². The van der Waals surface area contributed by atoms with Gasteiger partial charge in [-0.1, -0.05) is 17.7 Å². The van der Waals surface area contributed by atoms with Crippen LogP contribution >= 0.6 is 11.6 Å². The highest BCUT2D eigenvalue weighted by Gasteiger charge is 2.13. The molecule has 5 heteroatoms. The van der Waals surface area contributed by atoms with E-state index < -0.39 is 5.97 Å². The van der Waals surface area contributed by atoms with E-state index in [4.69, 9.17) is 21.4 Å². The Balaban J connectivity index is 2.40. The number of hydrogen-bond acceptors (Lipinski definition) is 3. The zero-order valence-corrected chi connectivity index (χ0v) is 10.3. The second-order valence-electron chi connectivity index (χ2n) is 3.67. The molecular formula is C13H10ClNO3. The van der Waals surface area contributed by atoms with Crippen molar-refractivity contribution in [1.29, 1.82) is 0 Å². The van der Waals surface area contributed by atoms with Crippen molar-refractivity contribution in [3.8, 4) is 11.6 Å². The van der Waals surface area contributed by atoms with Crippen LogP contribution in [0.5, 0.6) is 11.6 Å². The van der Waals surface area contributed by atoms with Gasteiger partial charge in [-0.2, -0.15) is 0 Å². The van der Waals surface area contributed by atoms with Crippen LogP contribution in [0.2, 0.25) is 5.02 Å². The Kier molecular flexibility index (Phi) is 3.48. The summed E-state index contributed by atoms with van der Waals surface area (Å²) in [6.07, 6.45) is 1.47. The van der Waals surface area contributed by atoms with Gasteiger partial charge in [0, 0.05) is 11.2 Å². The van der Waals surface area contributed by atoms with E-state index in [1.54, 1.807) is 24.3 Å². The molecule has 2 aromatic rings. The van der Waals surface area contributed by atoms with E-state index >= 15 is 0 Å². The van der Waals surface area contributed by atoms with Crippen molar-refractivity contribution < 1.29 is 14.6 Å². The van der Waals surface area contributed by atoms with Gasteiger partial charge in [-0.15, -0.1) is 0 Å². The molecule has 0 aliphatic rings. The maximum absolute atomic E-state index is 11.0. The summed E-state index contributed by atoms with van der Waals surface area (Å²) >= 11 is 5.87. The summed E-state index contributed by atoms with van der Waals surface area (Å²) < 4.78 is 5.51. The first kappa shape index (κ1) is 12.4. The minimum atomic E-state index is -1.09. The van der Waals surface area contributed by atoms with E-state index in [1.807, 2.05) is 6.92 Å². The minimum absolute atomic E-state index is 0.0110. The van der Waals surface area contributed by atoms with Crippen LogP contribution in [0.15, 0.2) is 36.5 Å². The van der Waals surface area contributed by atoms with Crippen molar-refractivity contribution in [3.05, 3.63) is 52.7 Å². The average Bonchev–Trinajstić information content (AvgIpc) is 2.34. The third kappa shape index (κ3) is 2.60. The van der Waals surface area contributed by atoms with E-state index in [0.717, 1.165) is 5.56 Å². The van der Waals surface area contributed by atoms with Crippen LogP contribution < -0.4 is 4.74 Å². The summed E-state index contributed by atoms with van der Waals surface area (Å²) in [6.45, 7) is 1.84. The van der Waals surface area contributed by atoms with Crippen molar-refractivity contribution in [2.45, 2.75) is 6.92 Å². The van der Waals surface area contributed by atoms with Gasteiger partial charge in [0.15, 0.2) is 0 Å². The van der Waals surface area contributed by atoms with Gasteiger partial charge in [0.25, 0.3) is 0 Å². The largest absolute Gasteiger partial charge is 0.477 e. The average molecular weight is 264 g/mol. The molecule has 1 heterocycles. The van der Waals surface area contributed by atoms with Gasteiger partial charge in [-0.3, -0.25) is 0 Å². The second-order valence-corrected chi connectivity index (χ2v) is 4.11. The van der Waals surface area contributed by atoms with Crippen LogP contribution in [-0.2, 0) is 0 Å². The number of ether oxygens (including phenoxy) is 1. The van der Waals surface area contributed by atoms with Crippen LogP contribution in [0, 0.1) is 6.92 Å². The number of carboxylic acid groups (broad SMARTS) is 1. The predicted molar refractivity (Wildman–Crippen MR) is 67.5 cm³/mol. The van der Waals surface area contributed by atoms with Crippen molar-refractivity contribution >= 4 is 17.6 Å². The summed E-state index contributed by atoms with van der Waals surface area (Å²) in [6, 6.07) is 8.13. The van der Waals surface area contributed by atoms with E-state index in [9.17, 15) is 4.79 Å². The molecule has 0 fully saturated rings. The second kappa shape index (κ2) is 5.06. The molecule has 1 aromatic heterocycles. The highest BCUT2D eigenvalue weighted by Crippen LogP contribution is 2.28. The third-order valence-electron chi connectivity index (χ3n) is 2.36. The summed E-state index contributed by atoms with van der Waals surface area (Å²) in [5.74, 6) is -0.545. The molecule has 92 valence electrons. The van der Waals surface area contributed by atoms with E-state index in [2.05, 4.69) is 4.98 Å². The number of rotatable bonds is 3. The highest BCUT2D eigenvalue weighted by molar-refractivity contribution is 6.30. The van der Waals surface area contributed by atoms with Gasteiger partial charge in [-0.25, -0.2) is 9.78 Å². The van der Waals surface area contributed by atoms with Gasteiger partial charge in [0.1, 0.15) is 11.3 Å². The molecule has 0 atom stereocenters. The summed E-state index contributed by atoms with van der Waals surface area (Å²) in [5, 5.41) is 9.54. The number of aromatic carboxylic acids is 1. The molecule has 0 aliphatic heterocycles. The fourth-order valence-corrected chi connectivity index (χ4v) is 1.59. The summed E-state index contributed by atoms with van der Waals surface area (Å²) in [4.78, 5) is 14.9. The lowest BCUT2D eigenvalue weighted by Crippen LogP contribution is -2.02. The maximum Gasteiger partial charge on any atom is 0.341 e. The lowest BCUT2D eigenvalue weighted by molar-refractivity contribution is 0.0693. The number of pyridine rings is 1. The van der Waals surface area contributed by atoms with Gasteiger partial charge in [-0.05, 0) is 36.8 Å². The number of carboxylic acids is 1.